The molecule has 4 heteroatoms. The van der Waals surface area contributed by atoms with Crippen molar-refractivity contribution in [2.45, 2.75) is 31.8 Å². The molecule has 4 nitrogen and oxygen atoms in total. The highest BCUT2D eigenvalue weighted by molar-refractivity contribution is 5.77. The van der Waals surface area contributed by atoms with E-state index in [9.17, 15) is 4.79 Å². The smallest absolute Gasteiger partial charge is 0.323 e. The Morgan fingerprint density at radius 2 is 2.46 bits per heavy atom. The van der Waals surface area contributed by atoms with Crippen LogP contribution in [0.3, 0.4) is 0 Å². The zero-order valence-corrected chi connectivity index (χ0v) is 7.75. The molecule has 13 heavy (non-hydrogen) atoms. The van der Waals surface area contributed by atoms with E-state index in [2.05, 4.69) is 5.32 Å². The van der Waals surface area contributed by atoms with Gasteiger partial charge in [-0.25, -0.2) is 0 Å². The van der Waals surface area contributed by atoms with Crippen LogP contribution in [0.25, 0.3) is 0 Å². The second-order valence-electron chi connectivity index (χ2n) is 3.95. The summed E-state index contributed by atoms with van der Waals surface area (Å²) in [4.78, 5) is 11.3. The monoisotopic (exact) mass is 185 g/mol. The second-order valence-corrected chi connectivity index (χ2v) is 3.95. The highest BCUT2D eigenvalue weighted by Crippen LogP contribution is 2.54. The summed E-state index contributed by atoms with van der Waals surface area (Å²) >= 11 is 0. The Bertz CT molecular complexity index is 227. The Morgan fingerprint density at radius 3 is 3.00 bits per heavy atom. The standard InChI is InChI=1S/C9H15NO3/c1-2-13-8(12)6-3-9(5-11)4-7(9)10-6/h6-7,10-11H,2-5H2,1H3/t6-,7?,9?/m0/s1. The van der Waals surface area contributed by atoms with Crippen LogP contribution in [0.1, 0.15) is 19.8 Å². The molecule has 3 atom stereocenters. The molecule has 2 unspecified atom stereocenters. The van der Waals surface area contributed by atoms with Crippen LogP contribution < -0.4 is 5.32 Å². The molecule has 0 radical (unpaired) electrons. The Balaban J connectivity index is 1.89. The van der Waals surface area contributed by atoms with Crippen LogP contribution in [-0.2, 0) is 9.53 Å². The van der Waals surface area contributed by atoms with E-state index in [0.717, 1.165) is 12.8 Å². The summed E-state index contributed by atoms with van der Waals surface area (Å²) in [6.45, 7) is 2.41. The summed E-state index contributed by atoms with van der Waals surface area (Å²) in [7, 11) is 0. The highest BCUT2D eigenvalue weighted by atomic mass is 16.5. The summed E-state index contributed by atoms with van der Waals surface area (Å²) in [6, 6.07) is 0.151. The number of hydrogen-bond acceptors (Lipinski definition) is 4. The first-order chi connectivity index (χ1) is 6.22. The summed E-state index contributed by atoms with van der Waals surface area (Å²) in [5, 5.41) is 12.3. The number of esters is 1. The summed E-state index contributed by atoms with van der Waals surface area (Å²) < 4.78 is 4.90. The first-order valence-corrected chi connectivity index (χ1v) is 4.75. The number of hydrogen-bond donors (Lipinski definition) is 2. The lowest BCUT2D eigenvalue weighted by Gasteiger charge is -2.13. The van der Waals surface area contributed by atoms with E-state index >= 15 is 0 Å². The third kappa shape index (κ3) is 1.34. The molecule has 0 aromatic heterocycles. The SMILES string of the molecule is CCOC(=O)[C@@H]1CC2(CO)CC2N1. The first kappa shape index (κ1) is 8.97. The van der Waals surface area contributed by atoms with Gasteiger partial charge in [-0.1, -0.05) is 0 Å². The minimum Gasteiger partial charge on any atom is -0.465 e. The molecule has 0 amide bonds. The lowest BCUT2D eigenvalue weighted by molar-refractivity contribution is -0.145. The Morgan fingerprint density at radius 1 is 1.69 bits per heavy atom. The molecule has 2 aliphatic rings. The molecular weight excluding hydrogens is 170 g/mol. The van der Waals surface area contributed by atoms with Crippen molar-refractivity contribution in [1.29, 1.82) is 0 Å². The summed E-state index contributed by atoms with van der Waals surface area (Å²) in [6.07, 6.45) is 1.73. The molecule has 2 fully saturated rings. The summed E-state index contributed by atoms with van der Waals surface area (Å²) in [5.74, 6) is -0.178. The largest absolute Gasteiger partial charge is 0.465 e. The van der Waals surface area contributed by atoms with Crippen molar-refractivity contribution in [3.63, 3.8) is 0 Å². The number of nitrogens with one attached hydrogen (secondary N) is 1. The van der Waals surface area contributed by atoms with Crippen LogP contribution in [-0.4, -0.2) is 36.4 Å². The normalized spacial score (nSPS) is 41.4. The molecule has 1 saturated carbocycles. The van der Waals surface area contributed by atoms with Gasteiger partial charge in [-0.2, -0.15) is 0 Å². The molecule has 2 N–H and O–H groups in total. The average molecular weight is 185 g/mol. The third-order valence-electron chi connectivity index (χ3n) is 3.09. The van der Waals surface area contributed by atoms with E-state index in [1.54, 1.807) is 6.92 Å². The van der Waals surface area contributed by atoms with Crippen LogP contribution >= 0.6 is 0 Å². The molecule has 0 aromatic carbocycles. The number of rotatable bonds is 3. The average Bonchev–Trinajstić information content (AvgIpc) is 2.70. The zero-order chi connectivity index (χ0) is 9.47. The van der Waals surface area contributed by atoms with Gasteiger partial charge in [-0.3, -0.25) is 4.79 Å². The fraction of sp³-hybridized carbons (Fsp3) is 0.889. The molecule has 0 aromatic rings. The van der Waals surface area contributed by atoms with Crippen molar-refractivity contribution in [2.75, 3.05) is 13.2 Å². The van der Waals surface area contributed by atoms with Crippen LogP contribution in [0.5, 0.6) is 0 Å². The topological polar surface area (TPSA) is 58.6 Å². The van der Waals surface area contributed by atoms with Gasteiger partial charge in [0.15, 0.2) is 0 Å². The van der Waals surface area contributed by atoms with Crippen molar-refractivity contribution in [3.8, 4) is 0 Å². The summed E-state index contributed by atoms with van der Waals surface area (Å²) in [5.41, 5.74) is -0.00255. The predicted molar refractivity (Wildman–Crippen MR) is 46.1 cm³/mol. The van der Waals surface area contributed by atoms with Crippen LogP contribution in [0.2, 0.25) is 0 Å². The molecule has 74 valence electrons. The fourth-order valence-corrected chi connectivity index (χ4v) is 2.15. The number of carbonyl (C=O) groups is 1. The van der Waals surface area contributed by atoms with Gasteiger partial charge in [0.1, 0.15) is 6.04 Å². The van der Waals surface area contributed by atoms with Gasteiger partial charge in [0.05, 0.1) is 13.2 Å². The molecule has 1 heterocycles. The molecular formula is C9H15NO3. The van der Waals surface area contributed by atoms with Crippen molar-refractivity contribution < 1.29 is 14.6 Å². The fourth-order valence-electron chi connectivity index (χ4n) is 2.15. The van der Waals surface area contributed by atoms with Gasteiger partial charge < -0.3 is 15.2 Å². The predicted octanol–water partition coefficient (Wildman–Crippen LogP) is -0.338. The maximum absolute atomic E-state index is 11.3. The minimum absolute atomic E-state index is 0.00255. The van der Waals surface area contributed by atoms with Gasteiger partial charge in [-0.15, -0.1) is 0 Å². The van der Waals surface area contributed by atoms with Crippen LogP contribution in [0.15, 0.2) is 0 Å². The quantitative estimate of drug-likeness (QED) is 0.591. The molecule has 0 spiro atoms. The highest BCUT2D eigenvalue weighted by Gasteiger charge is 2.61. The van der Waals surface area contributed by atoms with Crippen molar-refractivity contribution in [1.82, 2.24) is 5.32 Å². The molecule has 0 bridgehead atoms. The Labute approximate surface area is 77.3 Å². The third-order valence-corrected chi connectivity index (χ3v) is 3.09. The number of aliphatic hydroxyl groups excluding tert-OH is 1. The van der Waals surface area contributed by atoms with Gasteiger partial charge >= 0.3 is 5.97 Å². The van der Waals surface area contributed by atoms with Crippen molar-refractivity contribution in [3.05, 3.63) is 0 Å². The minimum atomic E-state index is -0.189. The number of carbonyl (C=O) groups excluding carboxylic acids is 1. The van der Waals surface area contributed by atoms with Gasteiger partial charge in [0, 0.05) is 11.5 Å². The van der Waals surface area contributed by atoms with E-state index in [-0.39, 0.29) is 24.0 Å². The Kier molecular flexibility index (Phi) is 2.04. The lowest BCUT2D eigenvalue weighted by Crippen LogP contribution is -2.35. The van der Waals surface area contributed by atoms with E-state index in [1.807, 2.05) is 0 Å². The van der Waals surface area contributed by atoms with E-state index < -0.39 is 0 Å². The van der Waals surface area contributed by atoms with E-state index in [0.29, 0.717) is 12.6 Å². The van der Waals surface area contributed by atoms with Gasteiger partial charge in [0.2, 0.25) is 0 Å². The maximum atomic E-state index is 11.3. The van der Waals surface area contributed by atoms with Gasteiger partial charge in [-0.05, 0) is 19.8 Å². The second kappa shape index (κ2) is 2.96. The van der Waals surface area contributed by atoms with E-state index in [1.165, 1.54) is 0 Å². The number of aliphatic hydroxyl groups is 1. The zero-order valence-electron chi connectivity index (χ0n) is 7.75. The molecule has 2 rings (SSSR count). The number of piperidine rings is 1. The maximum Gasteiger partial charge on any atom is 0.323 e. The first-order valence-electron chi connectivity index (χ1n) is 4.75. The van der Waals surface area contributed by atoms with Crippen molar-refractivity contribution >= 4 is 5.97 Å². The van der Waals surface area contributed by atoms with E-state index in [4.69, 9.17) is 9.84 Å². The lowest BCUT2D eigenvalue weighted by atomic mass is 10.0. The molecule has 1 saturated heterocycles. The van der Waals surface area contributed by atoms with Gasteiger partial charge in [0.25, 0.3) is 0 Å². The van der Waals surface area contributed by atoms with Crippen molar-refractivity contribution in [2.24, 2.45) is 5.41 Å². The molecule has 1 aliphatic heterocycles. The van der Waals surface area contributed by atoms with Crippen LogP contribution in [0, 0.1) is 5.41 Å². The Hall–Kier alpha value is -0.610. The van der Waals surface area contributed by atoms with Crippen LogP contribution in [0.4, 0.5) is 0 Å². The molecule has 1 aliphatic carbocycles. The number of fused-ring (bicyclic) bond motifs is 1. The number of ether oxygens (including phenoxy) is 1.